The molecule has 4 nitrogen and oxygen atoms in total. The Morgan fingerprint density at radius 3 is 2.67 bits per heavy atom. The van der Waals surface area contributed by atoms with Crippen molar-refractivity contribution in [2.24, 2.45) is 46.3 Å². The summed E-state index contributed by atoms with van der Waals surface area (Å²) >= 11 is 0. The van der Waals surface area contributed by atoms with Gasteiger partial charge >= 0.3 is 12.1 Å². The van der Waals surface area contributed by atoms with E-state index in [1.54, 1.807) is 5.57 Å². The Hall–Kier alpha value is -1.50. The molecule has 1 N–H and O–H groups in total. The van der Waals surface area contributed by atoms with Crippen LogP contribution < -0.4 is 0 Å². The van der Waals surface area contributed by atoms with Crippen LogP contribution in [0.15, 0.2) is 23.8 Å². The van der Waals surface area contributed by atoms with Crippen molar-refractivity contribution in [3.05, 3.63) is 28.8 Å². The third-order valence-electron chi connectivity index (χ3n) is 10.7. The summed E-state index contributed by atoms with van der Waals surface area (Å²) < 4.78 is 5.66. The third kappa shape index (κ3) is 4.59. The number of aliphatic hydroxyl groups is 1. The van der Waals surface area contributed by atoms with E-state index >= 15 is 0 Å². The minimum atomic E-state index is -0.284. The van der Waals surface area contributed by atoms with E-state index in [-0.39, 0.29) is 17.5 Å². The zero-order valence-electron chi connectivity index (χ0n) is 21.7. The molecular formula is C29H47N2O2+. The molecule has 184 valence electrons. The molecule has 8 atom stereocenters. The lowest BCUT2D eigenvalue weighted by molar-refractivity contribution is -0.0646. The molecule has 0 radical (unpaired) electrons. The van der Waals surface area contributed by atoms with Gasteiger partial charge < -0.3 is 9.84 Å². The molecule has 0 unspecified atom stereocenters. The predicted molar refractivity (Wildman–Crippen MR) is 134 cm³/mol. The van der Waals surface area contributed by atoms with Gasteiger partial charge in [-0.2, -0.15) is 0 Å². The van der Waals surface area contributed by atoms with Gasteiger partial charge in [-0.1, -0.05) is 65.5 Å². The highest BCUT2D eigenvalue weighted by Gasteiger charge is 2.59. The van der Waals surface area contributed by atoms with Crippen LogP contribution >= 0.6 is 0 Å². The van der Waals surface area contributed by atoms with Crippen LogP contribution in [-0.4, -0.2) is 11.2 Å². The second-order valence-electron chi connectivity index (χ2n) is 12.9. The highest BCUT2D eigenvalue weighted by atomic mass is 16.6. The molecule has 0 aliphatic heterocycles. The van der Waals surface area contributed by atoms with Gasteiger partial charge in [0.1, 0.15) is 6.10 Å². The quantitative estimate of drug-likeness (QED) is 0.237. The molecule has 33 heavy (non-hydrogen) atoms. The number of aliphatic hydroxyl groups excluding tert-OH is 1. The average Bonchev–Trinajstić information content (AvgIpc) is 3.11. The van der Waals surface area contributed by atoms with Crippen molar-refractivity contribution < 1.29 is 9.84 Å². The topological polar surface area (TPSA) is 57.6 Å². The largest absolute Gasteiger partial charge is 0.476 e. The summed E-state index contributed by atoms with van der Waals surface area (Å²) in [4.78, 5) is 2.88. The first kappa shape index (κ1) is 24.6. The lowest BCUT2D eigenvalue weighted by Crippen LogP contribution is -2.51. The second kappa shape index (κ2) is 9.63. The van der Waals surface area contributed by atoms with Gasteiger partial charge in [-0.05, 0) is 91.3 Å². The maximum absolute atomic E-state index is 9.80. The normalized spacial score (nSPS) is 41.4. The smallest absolute Gasteiger partial charge is 0.429 e. The lowest BCUT2D eigenvalue weighted by atomic mass is 9.47. The Labute approximate surface area is 201 Å². The van der Waals surface area contributed by atoms with Gasteiger partial charge in [0, 0.05) is 6.42 Å². The zero-order chi connectivity index (χ0) is 23.8. The third-order valence-corrected chi connectivity index (χ3v) is 10.7. The number of fused-ring (bicyclic) bond motifs is 5. The fraction of sp³-hybridized carbons (Fsp3) is 0.862. The Morgan fingerprint density at radius 1 is 1.15 bits per heavy atom. The monoisotopic (exact) mass is 455 g/mol. The molecular weight excluding hydrogens is 408 g/mol. The standard InChI is InChI=1S/C29H46N2O2/c1-19(2)7-6-8-20(3)24-11-12-25-23-10-9-21-17-22(33-27(32)18-31-30)13-15-28(21,4)26(23)14-16-29(24,25)5/h9,18-20,22-26H,6-8,10-17H2,1-5H3/p+1/b27-18-/t20-,22+,23+,24-,25+,26+,28+,29-/m1/s1. The number of hydrogen-bond acceptors (Lipinski definition) is 3. The average molecular weight is 456 g/mol. The first-order valence-corrected chi connectivity index (χ1v) is 13.8. The number of hydrogen-bond donors (Lipinski definition) is 1. The van der Waals surface area contributed by atoms with E-state index in [9.17, 15) is 5.11 Å². The molecule has 3 fully saturated rings. The Kier molecular flexibility index (Phi) is 7.18. The number of nitrogens with zero attached hydrogens (tertiary/aromatic N) is 2. The maximum Gasteiger partial charge on any atom is 0.429 e. The molecule has 0 aromatic carbocycles. The van der Waals surface area contributed by atoms with E-state index in [0.29, 0.717) is 5.41 Å². The van der Waals surface area contributed by atoms with Crippen LogP contribution in [-0.2, 0) is 4.74 Å². The summed E-state index contributed by atoms with van der Waals surface area (Å²) in [6.45, 7) is 12.5. The van der Waals surface area contributed by atoms with Crippen molar-refractivity contribution in [2.75, 3.05) is 0 Å². The van der Waals surface area contributed by atoms with Crippen LogP contribution in [0.25, 0.3) is 4.98 Å². The van der Waals surface area contributed by atoms with Gasteiger partial charge in [0.15, 0.2) is 4.98 Å². The first-order chi connectivity index (χ1) is 15.7. The summed E-state index contributed by atoms with van der Waals surface area (Å²) in [5.41, 5.74) is 2.37. The first-order valence-electron chi connectivity index (χ1n) is 13.8. The van der Waals surface area contributed by atoms with Gasteiger partial charge in [0.2, 0.25) is 5.39 Å². The Balaban J connectivity index is 1.45. The fourth-order valence-electron chi connectivity index (χ4n) is 9.00. The SMILES string of the molecule is CC(C)CCC[C@@H](C)[C@H]1CC[C@H]2[C@@H]3CC=C4C[C@@H](O/C(O)=C\[N+]#N)CC[C@]4(C)[C@H]3CC[C@]12C. The Bertz CT molecular complexity index is 811. The molecule has 0 aromatic heterocycles. The molecule has 4 rings (SSSR count). The van der Waals surface area contributed by atoms with Crippen molar-refractivity contribution in [3.63, 3.8) is 0 Å². The van der Waals surface area contributed by atoms with Gasteiger partial charge in [0.25, 0.3) is 0 Å². The van der Waals surface area contributed by atoms with Crippen LogP contribution in [0.2, 0.25) is 0 Å². The van der Waals surface area contributed by atoms with Gasteiger partial charge in [-0.3, -0.25) is 0 Å². The summed E-state index contributed by atoms with van der Waals surface area (Å²) in [5, 5.41) is 18.4. The zero-order valence-corrected chi connectivity index (χ0v) is 21.7. The van der Waals surface area contributed by atoms with E-state index in [4.69, 9.17) is 10.1 Å². The summed E-state index contributed by atoms with van der Waals surface area (Å²) in [5.74, 6) is 4.83. The van der Waals surface area contributed by atoms with Gasteiger partial charge in [-0.15, -0.1) is 0 Å². The van der Waals surface area contributed by atoms with Gasteiger partial charge in [0.05, 0.1) is 0 Å². The van der Waals surface area contributed by atoms with Crippen molar-refractivity contribution >= 4 is 0 Å². The minimum Gasteiger partial charge on any atom is -0.476 e. The van der Waals surface area contributed by atoms with Crippen LogP contribution in [0.5, 0.6) is 0 Å². The number of diazo groups is 1. The van der Waals surface area contributed by atoms with Crippen LogP contribution in [0.3, 0.4) is 0 Å². The summed E-state index contributed by atoms with van der Waals surface area (Å²) in [6.07, 6.45) is 17.6. The van der Waals surface area contributed by atoms with E-state index in [1.165, 1.54) is 51.4 Å². The highest BCUT2D eigenvalue weighted by Crippen LogP contribution is 2.67. The fourth-order valence-corrected chi connectivity index (χ4v) is 9.00. The molecule has 0 bridgehead atoms. The molecule has 0 heterocycles. The summed E-state index contributed by atoms with van der Waals surface area (Å²) in [6, 6.07) is 0. The molecule has 3 saturated carbocycles. The maximum atomic E-state index is 9.80. The lowest BCUT2D eigenvalue weighted by Gasteiger charge is -2.58. The predicted octanol–water partition coefficient (Wildman–Crippen LogP) is 8.62. The molecule has 4 heteroatoms. The van der Waals surface area contributed by atoms with E-state index < -0.39 is 0 Å². The van der Waals surface area contributed by atoms with E-state index in [1.807, 2.05) is 0 Å². The Morgan fingerprint density at radius 2 is 1.94 bits per heavy atom. The van der Waals surface area contributed by atoms with Crippen LogP contribution in [0.4, 0.5) is 0 Å². The van der Waals surface area contributed by atoms with Crippen LogP contribution in [0, 0.1) is 51.7 Å². The van der Waals surface area contributed by atoms with E-state index in [0.717, 1.165) is 61.0 Å². The highest BCUT2D eigenvalue weighted by molar-refractivity contribution is 5.25. The minimum absolute atomic E-state index is 0.0183. The van der Waals surface area contributed by atoms with Crippen molar-refractivity contribution in [1.29, 1.82) is 5.39 Å². The molecule has 4 aliphatic rings. The van der Waals surface area contributed by atoms with Crippen molar-refractivity contribution in [1.82, 2.24) is 0 Å². The summed E-state index contributed by atoms with van der Waals surface area (Å²) in [7, 11) is 0. The molecule has 0 aromatic rings. The van der Waals surface area contributed by atoms with Crippen molar-refractivity contribution in [3.8, 4) is 0 Å². The van der Waals surface area contributed by atoms with Gasteiger partial charge in [-0.25, -0.2) is 0 Å². The second-order valence-corrected chi connectivity index (χ2v) is 12.9. The molecule has 0 spiro atoms. The van der Waals surface area contributed by atoms with Crippen molar-refractivity contribution in [2.45, 2.75) is 111 Å². The molecule has 4 aliphatic carbocycles. The molecule has 0 saturated heterocycles. The van der Waals surface area contributed by atoms with Crippen LogP contribution in [0.1, 0.15) is 105 Å². The number of ether oxygens (including phenoxy) is 1. The number of rotatable bonds is 7. The number of allylic oxidation sites excluding steroid dienone is 1. The van der Waals surface area contributed by atoms with E-state index in [2.05, 4.69) is 45.7 Å². The molecule has 0 amide bonds.